The zero-order chi connectivity index (χ0) is 20.4. The molecule has 4 aromatic rings. The van der Waals surface area contributed by atoms with Gasteiger partial charge in [-0.25, -0.2) is 4.39 Å². The van der Waals surface area contributed by atoms with Gasteiger partial charge in [-0.05, 0) is 70.9 Å². The normalized spacial score (nSPS) is 10.9. The van der Waals surface area contributed by atoms with Gasteiger partial charge in [0.25, 0.3) is 5.89 Å². The van der Waals surface area contributed by atoms with Gasteiger partial charge in [-0.3, -0.25) is 4.79 Å². The van der Waals surface area contributed by atoms with Crippen molar-refractivity contribution in [2.45, 2.75) is 13.5 Å². The quantitative estimate of drug-likeness (QED) is 0.457. The summed E-state index contributed by atoms with van der Waals surface area (Å²) in [6.45, 7) is 2.06. The Bertz CT molecular complexity index is 1180. The van der Waals surface area contributed by atoms with E-state index < -0.39 is 0 Å². The van der Waals surface area contributed by atoms with E-state index in [1.54, 1.807) is 35.0 Å². The van der Waals surface area contributed by atoms with E-state index in [-0.39, 0.29) is 24.2 Å². The molecule has 6 nitrogen and oxygen atoms in total. The number of benzene rings is 2. The molecule has 0 aliphatic carbocycles. The number of anilines is 1. The van der Waals surface area contributed by atoms with Gasteiger partial charge >= 0.3 is 0 Å². The Hall–Kier alpha value is -3.26. The average molecular weight is 455 g/mol. The van der Waals surface area contributed by atoms with Crippen molar-refractivity contribution >= 4 is 27.5 Å². The van der Waals surface area contributed by atoms with Crippen LogP contribution < -0.4 is 5.32 Å². The van der Waals surface area contributed by atoms with Crippen molar-refractivity contribution in [1.29, 1.82) is 0 Å². The molecule has 8 heteroatoms. The van der Waals surface area contributed by atoms with Gasteiger partial charge < -0.3 is 14.4 Å². The topological polar surface area (TPSA) is 73.0 Å². The summed E-state index contributed by atoms with van der Waals surface area (Å²) in [4.78, 5) is 16.8. The third kappa shape index (κ3) is 4.27. The summed E-state index contributed by atoms with van der Waals surface area (Å²) in [5.74, 6) is 0.0627. The summed E-state index contributed by atoms with van der Waals surface area (Å²) < 4.78 is 20.9. The number of hydrogen-bond acceptors (Lipinski definition) is 4. The van der Waals surface area contributed by atoms with Gasteiger partial charge in [0.1, 0.15) is 18.1 Å². The van der Waals surface area contributed by atoms with Crippen LogP contribution >= 0.6 is 15.9 Å². The minimum Gasteiger partial charge on any atom is -0.334 e. The third-order valence-electron chi connectivity index (χ3n) is 4.27. The molecule has 0 aliphatic heterocycles. The minimum absolute atomic E-state index is 0.0933. The lowest BCUT2D eigenvalue weighted by atomic mass is 10.2. The van der Waals surface area contributed by atoms with Crippen LogP contribution in [0.4, 0.5) is 10.1 Å². The summed E-state index contributed by atoms with van der Waals surface area (Å²) in [6.07, 6.45) is 1.77. The summed E-state index contributed by atoms with van der Waals surface area (Å²) in [6, 6.07) is 15.7. The van der Waals surface area contributed by atoms with Gasteiger partial charge in [-0.1, -0.05) is 17.3 Å². The molecule has 2 aromatic heterocycles. The number of carbonyl (C=O) groups is 1. The molecule has 2 aromatic carbocycles. The lowest BCUT2D eigenvalue weighted by Gasteiger charge is -2.08. The van der Waals surface area contributed by atoms with E-state index in [2.05, 4.69) is 31.4 Å². The fourth-order valence-electron chi connectivity index (χ4n) is 2.90. The maximum atomic E-state index is 13.4. The van der Waals surface area contributed by atoms with Crippen LogP contribution in [0.5, 0.6) is 0 Å². The van der Waals surface area contributed by atoms with E-state index in [1.165, 1.54) is 6.07 Å². The van der Waals surface area contributed by atoms with Gasteiger partial charge in [0, 0.05) is 17.4 Å². The van der Waals surface area contributed by atoms with Crippen molar-refractivity contribution in [1.82, 2.24) is 14.7 Å². The number of amides is 1. The van der Waals surface area contributed by atoms with Crippen molar-refractivity contribution in [2.24, 2.45) is 0 Å². The predicted molar refractivity (Wildman–Crippen MR) is 111 cm³/mol. The van der Waals surface area contributed by atoms with Crippen LogP contribution in [0, 0.1) is 12.7 Å². The average Bonchev–Trinajstić information content (AvgIpc) is 3.33. The van der Waals surface area contributed by atoms with Crippen molar-refractivity contribution in [3.8, 4) is 23.0 Å². The molecule has 1 amide bonds. The van der Waals surface area contributed by atoms with Crippen LogP contribution in [0.2, 0.25) is 0 Å². The molecule has 0 fully saturated rings. The molecule has 0 saturated heterocycles. The van der Waals surface area contributed by atoms with E-state index in [0.29, 0.717) is 21.6 Å². The molecule has 2 heterocycles. The first-order valence-corrected chi connectivity index (χ1v) is 9.60. The second kappa shape index (κ2) is 8.00. The fourth-order valence-corrected chi connectivity index (χ4v) is 3.28. The maximum absolute atomic E-state index is 13.4. The van der Waals surface area contributed by atoms with E-state index in [1.807, 2.05) is 31.2 Å². The highest BCUT2D eigenvalue weighted by molar-refractivity contribution is 9.10. The summed E-state index contributed by atoms with van der Waals surface area (Å²) in [5, 5.41) is 6.84. The van der Waals surface area contributed by atoms with Crippen molar-refractivity contribution in [2.75, 3.05) is 5.32 Å². The Balaban J connectivity index is 1.53. The summed E-state index contributed by atoms with van der Waals surface area (Å²) in [5.41, 5.74) is 3.04. The van der Waals surface area contributed by atoms with Crippen LogP contribution in [0.1, 0.15) is 5.56 Å². The van der Waals surface area contributed by atoms with E-state index in [4.69, 9.17) is 4.52 Å². The fraction of sp³-hybridized carbons (Fsp3) is 0.0952. The third-order valence-corrected chi connectivity index (χ3v) is 4.88. The highest BCUT2D eigenvalue weighted by Gasteiger charge is 2.16. The molecule has 0 spiro atoms. The Morgan fingerprint density at radius 3 is 2.86 bits per heavy atom. The van der Waals surface area contributed by atoms with Crippen LogP contribution in [0.25, 0.3) is 23.0 Å². The van der Waals surface area contributed by atoms with Gasteiger partial charge in [0.2, 0.25) is 11.7 Å². The number of halogens is 2. The molecule has 0 aliphatic rings. The number of aryl methyl sites for hydroxylation is 1. The minimum atomic E-state index is -0.369. The smallest absolute Gasteiger partial charge is 0.274 e. The van der Waals surface area contributed by atoms with Gasteiger partial charge in [0.05, 0.1) is 4.47 Å². The first-order chi connectivity index (χ1) is 14.0. The summed E-state index contributed by atoms with van der Waals surface area (Å²) >= 11 is 3.15. The lowest BCUT2D eigenvalue weighted by Crippen LogP contribution is -2.18. The highest BCUT2D eigenvalue weighted by Crippen LogP contribution is 2.26. The van der Waals surface area contributed by atoms with Crippen molar-refractivity contribution in [3.05, 3.63) is 76.6 Å². The molecule has 146 valence electrons. The highest BCUT2D eigenvalue weighted by atomic mass is 79.9. The first-order valence-electron chi connectivity index (χ1n) is 8.81. The zero-order valence-electron chi connectivity index (χ0n) is 15.4. The molecule has 0 bridgehead atoms. The number of nitrogens with zero attached hydrogens (tertiary/aromatic N) is 3. The van der Waals surface area contributed by atoms with Crippen molar-refractivity contribution < 1.29 is 13.7 Å². The second-order valence-corrected chi connectivity index (χ2v) is 7.35. The Kier molecular flexibility index (Phi) is 5.26. The predicted octanol–water partition coefficient (Wildman–Crippen LogP) is 5.05. The number of aromatic nitrogens is 3. The maximum Gasteiger partial charge on any atom is 0.274 e. The molecule has 29 heavy (non-hydrogen) atoms. The molecule has 1 N–H and O–H groups in total. The zero-order valence-corrected chi connectivity index (χ0v) is 17.0. The largest absolute Gasteiger partial charge is 0.334 e. The Morgan fingerprint density at radius 1 is 1.21 bits per heavy atom. The van der Waals surface area contributed by atoms with E-state index in [0.717, 1.165) is 11.3 Å². The number of rotatable bonds is 5. The molecular weight excluding hydrogens is 439 g/mol. The van der Waals surface area contributed by atoms with Crippen LogP contribution in [0.3, 0.4) is 0 Å². The molecule has 0 unspecified atom stereocenters. The van der Waals surface area contributed by atoms with Gasteiger partial charge in [-0.15, -0.1) is 0 Å². The van der Waals surface area contributed by atoms with Crippen LogP contribution in [-0.4, -0.2) is 20.6 Å². The van der Waals surface area contributed by atoms with E-state index >= 15 is 0 Å². The first kappa shape index (κ1) is 19.1. The molecule has 4 rings (SSSR count). The van der Waals surface area contributed by atoms with Crippen LogP contribution in [-0.2, 0) is 11.3 Å². The Morgan fingerprint density at radius 2 is 2.07 bits per heavy atom. The van der Waals surface area contributed by atoms with Gasteiger partial charge in [-0.2, -0.15) is 4.98 Å². The number of nitrogens with one attached hydrogen (secondary N) is 1. The standard InChI is InChI=1S/C21H16BrFN4O2/c1-13-4-2-5-15(10-13)24-19(28)12-27-9-3-6-18(27)21-25-20(26-29-21)14-7-8-17(23)16(22)11-14/h2-11H,12H2,1H3,(H,24,28). The summed E-state index contributed by atoms with van der Waals surface area (Å²) in [7, 11) is 0. The monoisotopic (exact) mass is 454 g/mol. The van der Waals surface area contributed by atoms with E-state index in [9.17, 15) is 9.18 Å². The Labute approximate surface area is 174 Å². The van der Waals surface area contributed by atoms with Gasteiger partial charge in [0.15, 0.2) is 0 Å². The molecule has 0 radical (unpaired) electrons. The second-order valence-electron chi connectivity index (χ2n) is 6.49. The van der Waals surface area contributed by atoms with Crippen molar-refractivity contribution in [3.63, 3.8) is 0 Å². The molecular formula is C21H16BrFN4O2. The lowest BCUT2D eigenvalue weighted by molar-refractivity contribution is -0.116. The number of carbonyl (C=O) groups excluding carboxylic acids is 1. The molecule has 0 saturated carbocycles. The molecule has 0 atom stereocenters. The van der Waals surface area contributed by atoms with Crippen LogP contribution in [0.15, 0.2) is 69.8 Å². The number of hydrogen-bond donors (Lipinski definition) is 1. The SMILES string of the molecule is Cc1cccc(NC(=O)Cn2cccc2-c2nc(-c3ccc(F)c(Br)c3)no2)c1.